The van der Waals surface area contributed by atoms with E-state index >= 15 is 0 Å². The van der Waals surface area contributed by atoms with Gasteiger partial charge in [0.2, 0.25) is 11.8 Å². The summed E-state index contributed by atoms with van der Waals surface area (Å²) < 4.78 is 38.8. The molecule has 3 atom stereocenters. The van der Waals surface area contributed by atoms with Crippen molar-refractivity contribution in [3.8, 4) is 5.75 Å². The number of alkyl halides is 2. The Balaban J connectivity index is 1.23. The molecule has 1 spiro atoms. The van der Waals surface area contributed by atoms with Gasteiger partial charge in [-0.3, -0.25) is 4.79 Å². The zero-order chi connectivity index (χ0) is 20.9. The van der Waals surface area contributed by atoms with Gasteiger partial charge in [-0.25, -0.2) is 8.78 Å². The van der Waals surface area contributed by atoms with E-state index in [1.54, 1.807) is 0 Å². The summed E-state index contributed by atoms with van der Waals surface area (Å²) >= 11 is 0. The molecule has 7 nitrogen and oxygen atoms in total. The molecule has 30 heavy (non-hydrogen) atoms. The fourth-order valence-corrected chi connectivity index (χ4v) is 4.54. The molecule has 2 aliphatic heterocycles. The molecular formula is C21H24F2N4O3. The van der Waals surface area contributed by atoms with Crippen LogP contribution in [0.2, 0.25) is 0 Å². The van der Waals surface area contributed by atoms with Crippen molar-refractivity contribution in [2.75, 3.05) is 25.0 Å². The molecule has 1 amide bonds. The van der Waals surface area contributed by atoms with Crippen LogP contribution < -0.4 is 10.1 Å². The van der Waals surface area contributed by atoms with Crippen molar-refractivity contribution in [3.05, 3.63) is 35.7 Å². The number of hydrogen-bond donors (Lipinski definition) is 1. The van der Waals surface area contributed by atoms with Crippen molar-refractivity contribution in [3.63, 3.8) is 0 Å². The highest BCUT2D eigenvalue weighted by Crippen LogP contribution is 2.65. The Morgan fingerprint density at radius 3 is 2.90 bits per heavy atom. The first-order chi connectivity index (χ1) is 14.4. The van der Waals surface area contributed by atoms with Crippen molar-refractivity contribution in [1.82, 2.24) is 15.1 Å². The number of nitrogens with zero attached hydrogens (tertiary/aromatic N) is 3. The van der Waals surface area contributed by atoms with E-state index in [0.29, 0.717) is 31.9 Å². The van der Waals surface area contributed by atoms with Crippen LogP contribution in [0, 0.1) is 5.41 Å². The second kappa shape index (κ2) is 6.92. The Labute approximate surface area is 172 Å². The lowest BCUT2D eigenvalue weighted by molar-refractivity contribution is -0.131. The van der Waals surface area contributed by atoms with E-state index < -0.39 is 17.4 Å². The monoisotopic (exact) mass is 418 g/mol. The summed E-state index contributed by atoms with van der Waals surface area (Å²) in [7, 11) is 0. The average Bonchev–Trinajstić information content (AvgIpc) is 3.14. The molecule has 3 aliphatic rings. The highest BCUT2D eigenvalue weighted by atomic mass is 19.3. The van der Waals surface area contributed by atoms with Crippen LogP contribution in [0.15, 0.2) is 28.7 Å². The Morgan fingerprint density at radius 2 is 2.17 bits per heavy atom. The van der Waals surface area contributed by atoms with Crippen LogP contribution in [0.25, 0.3) is 0 Å². The number of nitrogens with one attached hydrogen (secondary N) is 1. The molecule has 5 rings (SSSR count). The lowest BCUT2D eigenvalue weighted by Gasteiger charge is -2.23. The van der Waals surface area contributed by atoms with Crippen molar-refractivity contribution >= 4 is 11.9 Å². The van der Waals surface area contributed by atoms with Crippen LogP contribution in [0.4, 0.5) is 14.8 Å². The van der Waals surface area contributed by atoms with E-state index in [9.17, 15) is 13.6 Å². The molecule has 1 N–H and O–H groups in total. The standard InChI is InChI=1S/C21H24F2N4O3/c1-2-15(18(28)27-8-7-20(12-27)11-21(20,22)23)24-19-26-25-17(30-19)14-9-13-5-3-4-6-16(13)29-10-14/h3-6,14-15H,2,7-12H2,1H3,(H,24,26)/t14-,15+,20-/m1/s1. The number of para-hydroxylation sites is 1. The van der Waals surface area contributed by atoms with Gasteiger partial charge in [-0.05, 0) is 30.9 Å². The molecule has 1 saturated heterocycles. The maximum atomic E-state index is 13.6. The maximum Gasteiger partial charge on any atom is 0.316 e. The Bertz CT molecular complexity index is 965. The number of carbonyl (C=O) groups is 1. The van der Waals surface area contributed by atoms with Crippen molar-refractivity contribution in [1.29, 1.82) is 0 Å². The number of halogens is 2. The number of aromatic nitrogens is 2. The largest absolute Gasteiger partial charge is 0.492 e. The normalized spacial score (nSPS) is 27.4. The second-order valence-corrected chi connectivity index (χ2v) is 8.54. The van der Waals surface area contributed by atoms with Crippen LogP contribution in [0.1, 0.15) is 43.6 Å². The van der Waals surface area contributed by atoms with Crippen LogP contribution in [0.3, 0.4) is 0 Å². The van der Waals surface area contributed by atoms with Gasteiger partial charge >= 0.3 is 6.01 Å². The number of hydrogen-bond acceptors (Lipinski definition) is 6. The van der Waals surface area contributed by atoms with Gasteiger partial charge in [0.15, 0.2) is 0 Å². The predicted molar refractivity (Wildman–Crippen MR) is 104 cm³/mol. The number of rotatable bonds is 5. The summed E-state index contributed by atoms with van der Waals surface area (Å²) in [6.07, 6.45) is 1.46. The van der Waals surface area contributed by atoms with Gasteiger partial charge in [-0.1, -0.05) is 30.2 Å². The molecule has 1 aromatic heterocycles. The highest BCUT2D eigenvalue weighted by Gasteiger charge is 2.73. The van der Waals surface area contributed by atoms with Gasteiger partial charge in [-0.2, -0.15) is 0 Å². The molecule has 2 fully saturated rings. The molecule has 9 heteroatoms. The number of likely N-dealkylation sites (tertiary alicyclic amines) is 1. The first kappa shape index (κ1) is 19.3. The summed E-state index contributed by atoms with van der Waals surface area (Å²) in [5.41, 5.74) is 0.0819. The van der Waals surface area contributed by atoms with E-state index in [2.05, 4.69) is 15.5 Å². The average molecular weight is 418 g/mol. The SMILES string of the molecule is CC[C@H](Nc1nnc([C@H]2COc3ccccc3C2)o1)C(=O)N1CC[C@]2(C1)CC2(F)F. The van der Waals surface area contributed by atoms with Gasteiger partial charge in [0, 0.05) is 19.5 Å². The lowest BCUT2D eigenvalue weighted by atomic mass is 9.97. The third-order valence-electron chi connectivity index (χ3n) is 6.55. The molecule has 1 saturated carbocycles. The van der Waals surface area contributed by atoms with Gasteiger partial charge < -0.3 is 19.4 Å². The summed E-state index contributed by atoms with van der Waals surface area (Å²) in [4.78, 5) is 14.4. The van der Waals surface area contributed by atoms with Crippen molar-refractivity contribution < 1.29 is 22.7 Å². The van der Waals surface area contributed by atoms with E-state index in [0.717, 1.165) is 17.7 Å². The van der Waals surface area contributed by atoms with Crippen LogP contribution in [0.5, 0.6) is 5.75 Å². The third-order valence-corrected chi connectivity index (χ3v) is 6.55. The predicted octanol–water partition coefficient (Wildman–Crippen LogP) is 3.24. The number of carbonyl (C=O) groups excluding carboxylic acids is 1. The quantitative estimate of drug-likeness (QED) is 0.803. The Kier molecular flexibility index (Phi) is 4.44. The highest BCUT2D eigenvalue weighted by molar-refractivity contribution is 5.84. The zero-order valence-electron chi connectivity index (χ0n) is 16.7. The minimum Gasteiger partial charge on any atom is -0.492 e. The Morgan fingerprint density at radius 1 is 1.37 bits per heavy atom. The van der Waals surface area contributed by atoms with Crippen molar-refractivity contribution in [2.45, 2.75) is 50.5 Å². The fraction of sp³-hybridized carbons (Fsp3) is 0.571. The molecule has 0 bridgehead atoms. The van der Waals surface area contributed by atoms with E-state index in [1.165, 1.54) is 4.90 Å². The maximum absolute atomic E-state index is 13.6. The van der Waals surface area contributed by atoms with Gasteiger partial charge in [0.1, 0.15) is 18.4 Å². The molecule has 0 unspecified atom stereocenters. The first-order valence-electron chi connectivity index (χ1n) is 10.4. The van der Waals surface area contributed by atoms with E-state index in [-0.39, 0.29) is 30.8 Å². The van der Waals surface area contributed by atoms with Crippen LogP contribution in [-0.4, -0.2) is 52.7 Å². The summed E-state index contributed by atoms with van der Waals surface area (Å²) in [5, 5.41) is 11.2. The molecule has 3 heterocycles. The Hall–Kier alpha value is -2.71. The topological polar surface area (TPSA) is 80.5 Å². The van der Waals surface area contributed by atoms with Crippen molar-refractivity contribution in [2.24, 2.45) is 5.41 Å². The van der Waals surface area contributed by atoms with Crippen LogP contribution >= 0.6 is 0 Å². The molecular weight excluding hydrogens is 394 g/mol. The van der Waals surface area contributed by atoms with E-state index in [1.807, 2.05) is 31.2 Å². The van der Waals surface area contributed by atoms with Crippen LogP contribution in [-0.2, 0) is 11.2 Å². The van der Waals surface area contributed by atoms with Gasteiger partial charge in [0.05, 0.1) is 11.3 Å². The molecule has 160 valence electrons. The van der Waals surface area contributed by atoms with Gasteiger partial charge in [-0.15, -0.1) is 5.10 Å². The minimum absolute atomic E-state index is 0.0609. The minimum atomic E-state index is -2.64. The summed E-state index contributed by atoms with van der Waals surface area (Å²) in [6, 6.07) is 7.41. The zero-order valence-corrected chi connectivity index (χ0v) is 16.7. The number of anilines is 1. The first-order valence-corrected chi connectivity index (χ1v) is 10.4. The fourth-order valence-electron chi connectivity index (χ4n) is 4.54. The summed E-state index contributed by atoms with van der Waals surface area (Å²) in [6.45, 7) is 2.78. The molecule has 0 radical (unpaired) electrons. The number of amides is 1. The summed E-state index contributed by atoms with van der Waals surface area (Å²) in [5.74, 6) is -1.58. The van der Waals surface area contributed by atoms with Gasteiger partial charge in [0.25, 0.3) is 5.92 Å². The number of fused-ring (bicyclic) bond motifs is 1. The number of ether oxygens (including phenoxy) is 1. The third kappa shape index (κ3) is 3.20. The second-order valence-electron chi connectivity index (χ2n) is 8.54. The van der Waals surface area contributed by atoms with E-state index in [4.69, 9.17) is 9.15 Å². The molecule has 2 aromatic rings. The number of benzene rings is 1. The molecule has 1 aliphatic carbocycles. The smallest absolute Gasteiger partial charge is 0.316 e. The molecule has 1 aromatic carbocycles. The lowest BCUT2D eigenvalue weighted by Crippen LogP contribution is -2.42.